The highest BCUT2D eigenvalue weighted by atomic mass is 32.2. The fourth-order valence-corrected chi connectivity index (χ4v) is 3.30. The first-order chi connectivity index (χ1) is 7.56. The van der Waals surface area contributed by atoms with Gasteiger partial charge in [0.15, 0.2) is 9.84 Å². The Hall–Kier alpha value is -0.0900. The Kier molecular flexibility index (Phi) is 6.70. The zero-order valence-electron chi connectivity index (χ0n) is 12.2. The SMILES string of the molecule is CC(C)C(C)S(=O)(=O)CCCCNC(C)(C)C. The molecule has 0 heterocycles. The Morgan fingerprint density at radius 2 is 1.59 bits per heavy atom. The highest BCUT2D eigenvalue weighted by Gasteiger charge is 2.23. The van der Waals surface area contributed by atoms with Crippen LogP contribution >= 0.6 is 0 Å². The molecule has 1 atom stereocenters. The van der Waals surface area contributed by atoms with Crippen LogP contribution in [0.25, 0.3) is 0 Å². The molecule has 0 rings (SSSR count). The van der Waals surface area contributed by atoms with Crippen LogP contribution in [0.4, 0.5) is 0 Å². The Morgan fingerprint density at radius 3 is 2.00 bits per heavy atom. The van der Waals surface area contributed by atoms with Gasteiger partial charge in [-0.1, -0.05) is 13.8 Å². The van der Waals surface area contributed by atoms with Gasteiger partial charge in [-0.15, -0.1) is 0 Å². The zero-order chi connectivity index (χ0) is 13.7. The Labute approximate surface area is 107 Å². The molecule has 0 aliphatic rings. The summed E-state index contributed by atoms with van der Waals surface area (Å²) in [5, 5.41) is 3.14. The van der Waals surface area contributed by atoms with Gasteiger partial charge in [0.2, 0.25) is 0 Å². The average molecular weight is 263 g/mol. The van der Waals surface area contributed by atoms with Gasteiger partial charge in [0.05, 0.1) is 11.0 Å². The van der Waals surface area contributed by atoms with Gasteiger partial charge in [-0.05, 0) is 53.0 Å². The van der Waals surface area contributed by atoms with Crippen molar-refractivity contribution in [3.05, 3.63) is 0 Å². The molecule has 1 unspecified atom stereocenters. The summed E-state index contributed by atoms with van der Waals surface area (Å²) in [5.74, 6) is 0.519. The third-order valence-corrected chi connectivity index (χ3v) is 5.55. The summed E-state index contributed by atoms with van der Waals surface area (Å²) >= 11 is 0. The van der Waals surface area contributed by atoms with Gasteiger partial charge in [0, 0.05) is 5.54 Å². The molecule has 0 aromatic heterocycles. The quantitative estimate of drug-likeness (QED) is 0.718. The van der Waals surface area contributed by atoms with E-state index in [4.69, 9.17) is 0 Å². The summed E-state index contributed by atoms with van der Waals surface area (Å²) in [6, 6.07) is 0. The van der Waals surface area contributed by atoms with E-state index in [0.717, 1.165) is 19.4 Å². The topological polar surface area (TPSA) is 46.2 Å². The number of hydrogen-bond donors (Lipinski definition) is 1. The first-order valence-electron chi connectivity index (χ1n) is 6.53. The van der Waals surface area contributed by atoms with Crippen molar-refractivity contribution in [3.8, 4) is 0 Å². The second-order valence-corrected chi connectivity index (χ2v) is 8.68. The van der Waals surface area contributed by atoms with Crippen LogP contribution in [0.3, 0.4) is 0 Å². The first-order valence-corrected chi connectivity index (χ1v) is 8.24. The molecule has 4 heteroatoms. The van der Waals surface area contributed by atoms with Crippen LogP contribution in [0.5, 0.6) is 0 Å². The van der Waals surface area contributed by atoms with Crippen LogP contribution in [0, 0.1) is 5.92 Å². The van der Waals surface area contributed by atoms with E-state index < -0.39 is 9.84 Å². The zero-order valence-corrected chi connectivity index (χ0v) is 13.0. The van der Waals surface area contributed by atoms with Crippen molar-refractivity contribution in [1.82, 2.24) is 5.32 Å². The second kappa shape index (κ2) is 6.74. The Balaban J connectivity index is 3.90. The van der Waals surface area contributed by atoms with E-state index in [2.05, 4.69) is 26.1 Å². The van der Waals surface area contributed by atoms with Crippen LogP contribution in [0.1, 0.15) is 54.4 Å². The predicted octanol–water partition coefficient (Wildman–Crippen LogP) is 2.61. The molecule has 0 aromatic rings. The second-order valence-electron chi connectivity index (χ2n) is 6.20. The minimum Gasteiger partial charge on any atom is -0.312 e. The molecule has 17 heavy (non-hydrogen) atoms. The lowest BCUT2D eigenvalue weighted by Crippen LogP contribution is -2.36. The van der Waals surface area contributed by atoms with Gasteiger partial charge in [0.25, 0.3) is 0 Å². The first kappa shape index (κ1) is 16.9. The molecule has 0 radical (unpaired) electrons. The van der Waals surface area contributed by atoms with E-state index in [0.29, 0.717) is 5.75 Å². The maximum atomic E-state index is 11.9. The van der Waals surface area contributed by atoms with E-state index in [-0.39, 0.29) is 16.7 Å². The predicted molar refractivity (Wildman–Crippen MR) is 75.1 cm³/mol. The fourth-order valence-electron chi connectivity index (χ4n) is 1.49. The molecule has 0 aliphatic carbocycles. The van der Waals surface area contributed by atoms with E-state index >= 15 is 0 Å². The standard InChI is InChI=1S/C13H29NO2S/c1-11(2)12(3)17(15,16)10-8-7-9-14-13(4,5)6/h11-12,14H,7-10H2,1-6H3. The highest BCUT2D eigenvalue weighted by Crippen LogP contribution is 2.13. The van der Waals surface area contributed by atoms with Crippen molar-refractivity contribution in [2.24, 2.45) is 5.92 Å². The van der Waals surface area contributed by atoms with Crippen molar-refractivity contribution in [1.29, 1.82) is 0 Å². The number of hydrogen-bond acceptors (Lipinski definition) is 3. The lowest BCUT2D eigenvalue weighted by Gasteiger charge is -2.20. The molecule has 3 nitrogen and oxygen atoms in total. The smallest absolute Gasteiger partial charge is 0.153 e. The van der Waals surface area contributed by atoms with Crippen molar-refractivity contribution < 1.29 is 8.42 Å². The van der Waals surface area contributed by atoms with Crippen molar-refractivity contribution >= 4 is 9.84 Å². The van der Waals surface area contributed by atoms with E-state index in [1.165, 1.54) is 0 Å². The molecule has 0 fully saturated rings. The Morgan fingerprint density at radius 1 is 1.06 bits per heavy atom. The third kappa shape index (κ3) is 7.77. The van der Waals surface area contributed by atoms with Crippen LogP contribution < -0.4 is 5.32 Å². The lowest BCUT2D eigenvalue weighted by molar-refractivity contribution is 0.421. The summed E-state index contributed by atoms with van der Waals surface area (Å²) in [5.41, 5.74) is 0.115. The van der Waals surface area contributed by atoms with E-state index in [1.807, 2.05) is 20.8 Å². The summed E-state index contributed by atoms with van der Waals surface area (Å²) in [4.78, 5) is 0. The lowest BCUT2D eigenvalue weighted by atomic mass is 10.1. The number of sulfone groups is 1. The maximum Gasteiger partial charge on any atom is 0.153 e. The van der Waals surface area contributed by atoms with E-state index in [1.54, 1.807) is 0 Å². The van der Waals surface area contributed by atoms with Gasteiger partial charge in [-0.25, -0.2) is 8.42 Å². The average Bonchev–Trinajstić information content (AvgIpc) is 2.13. The summed E-state index contributed by atoms with van der Waals surface area (Å²) in [7, 11) is -2.90. The monoisotopic (exact) mass is 263 g/mol. The minimum absolute atomic E-state index is 0.115. The number of unbranched alkanes of at least 4 members (excludes halogenated alkanes) is 1. The molecule has 0 amide bonds. The molecule has 0 bridgehead atoms. The van der Waals surface area contributed by atoms with Gasteiger partial charge in [-0.2, -0.15) is 0 Å². The summed E-state index contributed by atoms with van der Waals surface area (Å²) < 4.78 is 23.8. The largest absolute Gasteiger partial charge is 0.312 e. The molecule has 0 aromatic carbocycles. The molecule has 104 valence electrons. The van der Waals surface area contributed by atoms with Crippen LogP contribution in [-0.2, 0) is 9.84 Å². The molecule has 0 saturated carbocycles. The highest BCUT2D eigenvalue weighted by molar-refractivity contribution is 7.92. The molecular formula is C13H29NO2S. The molecule has 0 spiro atoms. The van der Waals surface area contributed by atoms with Crippen LogP contribution in [-0.4, -0.2) is 31.5 Å². The van der Waals surface area contributed by atoms with E-state index in [9.17, 15) is 8.42 Å². The van der Waals surface area contributed by atoms with Gasteiger partial charge >= 0.3 is 0 Å². The molecular weight excluding hydrogens is 234 g/mol. The fraction of sp³-hybridized carbons (Fsp3) is 1.00. The summed E-state index contributed by atoms with van der Waals surface area (Å²) in [6.45, 7) is 13.0. The van der Waals surface area contributed by atoms with Gasteiger partial charge in [0.1, 0.15) is 0 Å². The minimum atomic E-state index is -2.90. The van der Waals surface area contributed by atoms with Crippen molar-refractivity contribution in [2.75, 3.05) is 12.3 Å². The van der Waals surface area contributed by atoms with Crippen molar-refractivity contribution in [2.45, 2.75) is 65.2 Å². The maximum absolute atomic E-state index is 11.9. The van der Waals surface area contributed by atoms with Crippen LogP contribution in [0.15, 0.2) is 0 Å². The molecule has 0 aliphatic heterocycles. The van der Waals surface area contributed by atoms with Gasteiger partial charge < -0.3 is 5.32 Å². The van der Waals surface area contributed by atoms with Crippen molar-refractivity contribution in [3.63, 3.8) is 0 Å². The number of nitrogens with one attached hydrogen (secondary N) is 1. The van der Waals surface area contributed by atoms with Gasteiger partial charge in [-0.3, -0.25) is 0 Å². The normalized spacial score (nSPS) is 15.2. The summed E-state index contributed by atoms with van der Waals surface area (Å²) in [6.07, 6.45) is 1.67. The Bertz CT molecular complexity index is 302. The molecule has 1 N–H and O–H groups in total. The number of rotatable bonds is 7. The third-order valence-electron chi connectivity index (χ3n) is 3.02. The molecule has 0 saturated heterocycles. The van der Waals surface area contributed by atoms with Crippen LogP contribution in [0.2, 0.25) is 0 Å².